The summed E-state index contributed by atoms with van der Waals surface area (Å²) in [6.07, 6.45) is 4.44. The van der Waals surface area contributed by atoms with E-state index in [0.717, 1.165) is 25.2 Å². The zero-order valence-corrected chi connectivity index (χ0v) is 8.35. The molecule has 0 N–H and O–H groups in total. The number of hydrogen-bond acceptors (Lipinski definition) is 3. The highest BCUT2D eigenvalue weighted by Gasteiger charge is 2.21. The van der Waals surface area contributed by atoms with Crippen molar-refractivity contribution in [1.29, 1.82) is 0 Å². The van der Waals surface area contributed by atoms with Crippen LogP contribution < -0.4 is 0 Å². The predicted octanol–water partition coefficient (Wildman–Crippen LogP) is 2.15. The van der Waals surface area contributed by atoms with Crippen molar-refractivity contribution >= 4 is 0 Å². The predicted molar refractivity (Wildman–Crippen MR) is 52.7 cm³/mol. The number of pyridine rings is 1. The lowest BCUT2D eigenvalue weighted by molar-refractivity contribution is -0.205. The zero-order valence-electron chi connectivity index (χ0n) is 8.35. The Balaban J connectivity index is 1.96. The van der Waals surface area contributed by atoms with Crippen molar-refractivity contribution in [2.24, 2.45) is 5.92 Å². The van der Waals surface area contributed by atoms with Crippen LogP contribution in [-0.2, 0) is 9.47 Å². The number of ether oxygens (including phenoxy) is 2. The van der Waals surface area contributed by atoms with Crippen molar-refractivity contribution < 1.29 is 9.47 Å². The van der Waals surface area contributed by atoms with Gasteiger partial charge in [0.2, 0.25) is 0 Å². The molecule has 1 fully saturated rings. The van der Waals surface area contributed by atoms with Gasteiger partial charge in [0.1, 0.15) is 0 Å². The van der Waals surface area contributed by atoms with Crippen LogP contribution in [0.25, 0.3) is 0 Å². The first-order valence-electron chi connectivity index (χ1n) is 5.03. The summed E-state index contributed by atoms with van der Waals surface area (Å²) in [4.78, 5) is 3.96. The Morgan fingerprint density at radius 1 is 1.29 bits per heavy atom. The molecule has 0 bridgehead atoms. The minimum atomic E-state index is -0.194. The molecule has 3 nitrogen and oxygen atoms in total. The monoisotopic (exact) mass is 193 g/mol. The molecule has 1 saturated heterocycles. The molecule has 0 amide bonds. The SMILES string of the molecule is CCC1COC(c2ccncc2)OC1. The largest absolute Gasteiger partial charge is 0.348 e. The van der Waals surface area contributed by atoms with Crippen molar-refractivity contribution in [2.45, 2.75) is 19.6 Å². The van der Waals surface area contributed by atoms with Gasteiger partial charge in [0, 0.05) is 23.9 Å². The topological polar surface area (TPSA) is 31.4 Å². The van der Waals surface area contributed by atoms with E-state index < -0.39 is 0 Å². The van der Waals surface area contributed by atoms with Gasteiger partial charge in [-0.1, -0.05) is 6.92 Å². The van der Waals surface area contributed by atoms with Crippen LogP contribution >= 0.6 is 0 Å². The van der Waals surface area contributed by atoms with Gasteiger partial charge in [-0.15, -0.1) is 0 Å². The van der Waals surface area contributed by atoms with E-state index in [0.29, 0.717) is 5.92 Å². The summed E-state index contributed by atoms with van der Waals surface area (Å²) in [5.41, 5.74) is 1.05. The van der Waals surface area contributed by atoms with Gasteiger partial charge in [0.15, 0.2) is 6.29 Å². The molecule has 1 aliphatic heterocycles. The molecule has 0 saturated carbocycles. The molecule has 1 aromatic rings. The van der Waals surface area contributed by atoms with E-state index in [9.17, 15) is 0 Å². The molecular weight excluding hydrogens is 178 g/mol. The van der Waals surface area contributed by atoms with Crippen molar-refractivity contribution in [3.63, 3.8) is 0 Å². The van der Waals surface area contributed by atoms with Crippen molar-refractivity contribution in [1.82, 2.24) is 4.98 Å². The third kappa shape index (κ3) is 2.11. The smallest absolute Gasteiger partial charge is 0.183 e. The van der Waals surface area contributed by atoms with E-state index in [1.54, 1.807) is 12.4 Å². The average molecular weight is 193 g/mol. The summed E-state index contributed by atoms with van der Waals surface area (Å²) >= 11 is 0. The Bertz CT molecular complexity index is 268. The van der Waals surface area contributed by atoms with Gasteiger partial charge in [0.05, 0.1) is 13.2 Å². The van der Waals surface area contributed by atoms with Crippen molar-refractivity contribution in [2.75, 3.05) is 13.2 Å². The Morgan fingerprint density at radius 2 is 1.93 bits per heavy atom. The average Bonchev–Trinajstić information content (AvgIpc) is 2.30. The highest BCUT2D eigenvalue weighted by Crippen LogP contribution is 2.25. The lowest BCUT2D eigenvalue weighted by Gasteiger charge is -2.28. The molecule has 2 heterocycles. The first kappa shape index (κ1) is 9.62. The minimum Gasteiger partial charge on any atom is -0.348 e. The van der Waals surface area contributed by atoms with Crippen LogP contribution in [-0.4, -0.2) is 18.2 Å². The maximum absolute atomic E-state index is 5.62. The van der Waals surface area contributed by atoms with E-state index in [4.69, 9.17) is 9.47 Å². The van der Waals surface area contributed by atoms with Crippen LogP contribution in [0.2, 0.25) is 0 Å². The fraction of sp³-hybridized carbons (Fsp3) is 0.545. The first-order chi connectivity index (χ1) is 6.90. The Hall–Kier alpha value is -0.930. The standard InChI is InChI=1S/C11H15NO2/c1-2-9-7-13-11(14-8-9)10-3-5-12-6-4-10/h3-6,9,11H,2,7-8H2,1H3. The summed E-state index contributed by atoms with van der Waals surface area (Å²) in [5.74, 6) is 0.549. The first-order valence-corrected chi connectivity index (χ1v) is 5.03. The van der Waals surface area contributed by atoms with Crippen molar-refractivity contribution in [3.05, 3.63) is 30.1 Å². The Labute approximate surface area is 84.1 Å². The summed E-state index contributed by atoms with van der Waals surface area (Å²) in [7, 11) is 0. The third-order valence-electron chi connectivity index (χ3n) is 2.52. The van der Waals surface area contributed by atoms with Crippen LogP contribution in [0.4, 0.5) is 0 Å². The molecule has 0 unspecified atom stereocenters. The Morgan fingerprint density at radius 3 is 2.50 bits per heavy atom. The molecule has 0 spiro atoms. The van der Waals surface area contributed by atoms with Gasteiger partial charge in [-0.25, -0.2) is 0 Å². The lowest BCUT2D eigenvalue weighted by Crippen LogP contribution is -2.26. The van der Waals surface area contributed by atoms with Crippen LogP contribution in [0.15, 0.2) is 24.5 Å². The highest BCUT2D eigenvalue weighted by atomic mass is 16.7. The second-order valence-corrected chi connectivity index (χ2v) is 3.55. The van der Waals surface area contributed by atoms with Gasteiger partial charge < -0.3 is 9.47 Å². The minimum absolute atomic E-state index is 0.194. The van der Waals surface area contributed by atoms with Crippen LogP contribution in [0, 0.1) is 5.92 Å². The molecule has 0 aromatic carbocycles. The van der Waals surface area contributed by atoms with E-state index >= 15 is 0 Å². The van der Waals surface area contributed by atoms with Gasteiger partial charge in [-0.2, -0.15) is 0 Å². The molecular formula is C11H15NO2. The molecule has 0 atom stereocenters. The van der Waals surface area contributed by atoms with E-state index in [1.165, 1.54) is 0 Å². The van der Waals surface area contributed by atoms with Crippen LogP contribution in [0.1, 0.15) is 25.2 Å². The fourth-order valence-corrected chi connectivity index (χ4v) is 1.49. The second kappa shape index (κ2) is 4.53. The summed E-state index contributed by atoms with van der Waals surface area (Å²) in [5, 5.41) is 0. The highest BCUT2D eigenvalue weighted by molar-refractivity contribution is 5.11. The van der Waals surface area contributed by atoms with E-state index in [2.05, 4.69) is 11.9 Å². The molecule has 3 heteroatoms. The number of nitrogens with zero attached hydrogens (tertiary/aromatic N) is 1. The zero-order chi connectivity index (χ0) is 9.80. The van der Waals surface area contributed by atoms with Gasteiger partial charge in [-0.3, -0.25) is 4.98 Å². The second-order valence-electron chi connectivity index (χ2n) is 3.55. The molecule has 1 aromatic heterocycles. The fourth-order valence-electron chi connectivity index (χ4n) is 1.49. The third-order valence-corrected chi connectivity index (χ3v) is 2.52. The number of hydrogen-bond donors (Lipinski definition) is 0. The summed E-state index contributed by atoms with van der Waals surface area (Å²) in [6, 6.07) is 3.86. The number of rotatable bonds is 2. The Kier molecular flexibility index (Phi) is 3.11. The van der Waals surface area contributed by atoms with Crippen LogP contribution in [0.5, 0.6) is 0 Å². The van der Waals surface area contributed by atoms with Crippen LogP contribution in [0.3, 0.4) is 0 Å². The normalized spacial score (nSPS) is 27.5. The maximum atomic E-state index is 5.62. The quantitative estimate of drug-likeness (QED) is 0.721. The summed E-state index contributed by atoms with van der Waals surface area (Å²) in [6.45, 7) is 3.75. The molecule has 2 rings (SSSR count). The van der Waals surface area contributed by atoms with E-state index in [1.807, 2.05) is 12.1 Å². The molecule has 0 aliphatic carbocycles. The van der Waals surface area contributed by atoms with Gasteiger partial charge in [-0.05, 0) is 18.6 Å². The molecule has 0 radical (unpaired) electrons. The van der Waals surface area contributed by atoms with Gasteiger partial charge in [0.25, 0.3) is 0 Å². The number of aromatic nitrogens is 1. The molecule has 14 heavy (non-hydrogen) atoms. The lowest BCUT2D eigenvalue weighted by atomic mass is 10.1. The molecule has 1 aliphatic rings. The molecule has 76 valence electrons. The summed E-state index contributed by atoms with van der Waals surface area (Å²) < 4.78 is 11.2. The van der Waals surface area contributed by atoms with Gasteiger partial charge >= 0.3 is 0 Å². The van der Waals surface area contributed by atoms with E-state index in [-0.39, 0.29) is 6.29 Å². The van der Waals surface area contributed by atoms with Crippen molar-refractivity contribution in [3.8, 4) is 0 Å². The maximum Gasteiger partial charge on any atom is 0.183 e.